The van der Waals surface area contributed by atoms with E-state index in [4.69, 9.17) is 5.26 Å². The van der Waals surface area contributed by atoms with Crippen molar-refractivity contribution in [3.05, 3.63) is 12.2 Å². The lowest BCUT2D eigenvalue weighted by Gasteiger charge is -2.18. The summed E-state index contributed by atoms with van der Waals surface area (Å²) in [5.41, 5.74) is 0. The topological polar surface area (TPSA) is 23.8 Å². The molecule has 4 atom stereocenters. The molecule has 62 valence electrons. The minimum absolute atomic E-state index is 0.380. The zero-order valence-corrected chi connectivity index (χ0v) is 7.11. The van der Waals surface area contributed by atoms with Crippen LogP contribution in [0, 0.1) is 40.9 Å². The van der Waals surface area contributed by atoms with Gasteiger partial charge in [0.05, 0.1) is 6.07 Å². The molecule has 0 N–H and O–H groups in total. The summed E-state index contributed by atoms with van der Waals surface area (Å²) >= 11 is 0. The van der Waals surface area contributed by atoms with E-state index in [1.165, 1.54) is 19.3 Å². The van der Waals surface area contributed by atoms with Gasteiger partial charge in [0, 0.05) is 5.92 Å². The maximum absolute atomic E-state index is 8.84. The second-order valence-electron chi connectivity index (χ2n) is 4.57. The van der Waals surface area contributed by atoms with Crippen LogP contribution in [-0.2, 0) is 0 Å². The van der Waals surface area contributed by atoms with Gasteiger partial charge in [-0.15, -0.1) is 0 Å². The lowest BCUT2D eigenvalue weighted by atomic mass is 9.86. The van der Waals surface area contributed by atoms with Gasteiger partial charge in [-0.2, -0.15) is 5.26 Å². The zero-order chi connectivity index (χ0) is 8.13. The van der Waals surface area contributed by atoms with Crippen molar-refractivity contribution in [2.75, 3.05) is 0 Å². The lowest BCUT2D eigenvalue weighted by Crippen LogP contribution is -2.12. The molecule has 2 bridgehead atoms. The minimum Gasteiger partial charge on any atom is -0.198 e. The van der Waals surface area contributed by atoms with Crippen LogP contribution in [0.15, 0.2) is 12.2 Å². The Morgan fingerprint density at radius 1 is 1.00 bits per heavy atom. The molecule has 1 nitrogen and oxygen atoms in total. The van der Waals surface area contributed by atoms with Gasteiger partial charge in [-0.1, -0.05) is 12.2 Å². The van der Waals surface area contributed by atoms with Crippen molar-refractivity contribution in [2.24, 2.45) is 29.6 Å². The highest BCUT2D eigenvalue weighted by molar-refractivity contribution is 5.17. The molecule has 1 heteroatoms. The molecular weight excluding hydrogens is 146 g/mol. The van der Waals surface area contributed by atoms with Gasteiger partial charge in [-0.25, -0.2) is 0 Å². The Morgan fingerprint density at radius 3 is 2.08 bits per heavy atom. The van der Waals surface area contributed by atoms with Gasteiger partial charge in [-0.05, 0) is 42.9 Å². The number of nitrogens with zero attached hydrogens (tertiary/aromatic N) is 1. The smallest absolute Gasteiger partial charge is 0.0656 e. The van der Waals surface area contributed by atoms with E-state index in [-0.39, 0.29) is 0 Å². The minimum atomic E-state index is 0.380. The van der Waals surface area contributed by atoms with Crippen molar-refractivity contribution >= 4 is 0 Å². The normalized spacial score (nSPS) is 54.1. The fourth-order valence-corrected chi connectivity index (χ4v) is 3.58. The van der Waals surface area contributed by atoms with Crippen LogP contribution in [0.2, 0.25) is 0 Å². The van der Waals surface area contributed by atoms with Crippen molar-refractivity contribution in [2.45, 2.75) is 19.3 Å². The Bertz CT molecular complexity index is 253. The average Bonchev–Trinajstić information content (AvgIpc) is 2.75. The highest BCUT2D eigenvalue weighted by Crippen LogP contribution is 2.56. The van der Waals surface area contributed by atoms with Crippen LogP contribution in [0.1, 0.15) is 19.3 Å². The lowest BCUT2D eigenvalue weighted by molar-refractivity contribution is 0.364. The fraction of sp³-hybridized carbons (Fsp3) is 0.727. The van der Waals surface area contributed by atoms with Crippen molar-refractivity contribution in [3.8, 4) is 6.07 Å². The fourth-order valence-electron chi connectivity index (χ4n) is 3.58. The molecule has 3 aliphatic rings. The summed E-state index contributed by atoms with van der Waals surface area (Å²) in [6.07, 6.45) is 8.56. The second kappa shape index (κ2) is 2.13. The van der Waals surface area contributed by atoms with E-state index in [2.05, 4.69) is 18.2 Å². The molecule has 0 spiro atoms. The average molecular weight is 159 g/mol. The molecule has 0 aromatic carbocycles. The SMILES string of the molecule is N#CC1CC2C3C=CC(C3)C2C1. The summed E-state index contributed by atoms with van der Waals surface area (Å²) in [4.78, 5) is 0. The summed E-state index contributed by atoms with van der Waals surface area (Å²) in [6.45, 7) is 0. The van der Waals surface area contributed by atoms with Gasteiger partial charge in [-0.3, -0.25) is 0 Å². The second-order valence-corrected chi connectivity index (χ2v) is 4.57. The summed E-state index contributed by atoms with van der Waals surface area (Å²) < 4.78 is 0. The first-order chi connectivity index (χ1) is 5.88. The largest absolute Gasteiger partial charge is 0.198 e. The summed E-state index contributed by atoms with van der Waals surface area (Å²) in [5, 5.41) is 8.84. The van der Waals surface area contributed by atoms with Crippen LogP contribution < -0.4 is 0 Å². The van der Waals surface area contributed by atoms with Gasteiger partial charge < -0.3 is 0 Å². The summed E-state index contributed by atoms with van der Waals surface area (Å²) in [6, 6.07) is 2.43. The summed E-state index contributed by atoms with van der Waals surface area (Å²) in [7, 11) is 0. The van der Waals surface area contributed by atoms with Crippen molar-refractivity contribution < 1.29 is 0 Å². The van der Waals surface area contributed by atoms with Crippen LogP contribution in [0.4, 0.5) is 0 Å². The molecule has 0 aromatic heterocycles. The molecule has 4 unspecified atom stereocenters. The van der Waals surface area contributed by atoms with Crippen LogP contribution in [0.25, 0.3) is 0 Å². The van der Waals surface area contributed by atoms with Crippen LogP contribution in [0.5, 0.6) is 0 Å². The maximum Gasteiger partial charge on any atom is 0.0656 e. The van der Waals surface area contributed by atoms with E-state index in [1.54, 1.807) is 0 Å². The summed E-state index contributed by atoms with van der Waals surface area (Å²) in [5.74, 6) is 3.83. The monoisotopic (exact) mass is 159 g/mol. The highest BCUT2D eigenvalue weighted by atomic mass is 14.5. The Hall–Kier alpha value is -0.770. The molecule has 2 saturated carbocycles. The number of hydrogen-bond acceptors (Lipinski definition) is 1. The molecule has 2 fully saturated rings. The Kier molecular flexibility index (Phi) is 1.19. The number of fused-ring (bicyclic) bond motifs is 5. The molecule has 0 saturated heterocycles. The standard InChI is InChI=1S/C11H13N/c12-6-7-3-10-8-1-2-9(5-8)11(10)4-7/h1-2,7-11H,3-5H2. The van der Waals surface area contributed by atoms with Gasteiger partial charge in [0.15, 0.2) is 0 Å². The molecule has 12 heavy (non-hydrogen) atoms. The molecule has 0 aromatic rings. The van der Waals surface area contributed by atoms with E-state index < -0.39 is 0 Å². The molecule has 0 heterocycles. The zero-order valence-electron chi connectivity index (χ0n) is 7.11. The maximum atomic E-state index is 8.84. The molecular formula is C11H13N. The third kappa shape index (κ3) is 0.684. The van der Waals surface area contributed by atoms with E-state index >= 15 is 0 Å². The first-order valence-corrected chi connectivity index (χ1v) is 4.96. The van der Waals surface area contributed by atoms with E-state index in [0.717, 1.165) is 23.7 Å². The number of nitriles is 1. The van der Waals surface area contributed by atoms with E-state index in [1.807, 2.05) is 0 Å². The van der Waals surface area contributed by atoms with E-state index in [0.29, 0.717) is 5.92 Å². The van der Waals surface area contributed by atoms with Gasteiger partial charge >= 0.3 is 0 Å². The number of hydrogen-bond donors (Lipinski definition) is 0. The Balaban J connectivity index is 1.87. The molecule has 0 radical (unpaired) electrons. The molecule has 0 amide bonds. The van der Waals surface area contributed by atoms with Crippen molar-refractivity contribution in [3.63, 3.8) is 0 Å². The first kappa shape index (κ1) is 6.71. The van der Waals surface area contributed by atoms with Gasteiger partial charge in [0.2, 0.25) is 0 Å². The van der Waals surface area contributed by atoms with Crippen LogP contribution >= 0.6 is 0 Å². The van der Waals surface area contributed by atoms with Crippen molar-refractivity contribution in [1.82, 2.24) is 0 Å². The van der Waals surface area contributed by atoms with Gasteiger partial charge in [0.1, 0.15) is 0 Å². The molecule has 0 aliphatic heterocycles. The Labute approximate surface area is 73.1 Å². The number of allylic oxidation sites excluding steroid dienone is 2. The third-order valence-corrected chi connectivity index (χ3v) is 4.10. The third-order valence-electron chi connectivity index (χ3n) is 4.10. The molecule has 3 aliphatic carbocycles. The van der Waals surface area contributed by atoms with Crippen LogP contribution in [-0.4, -0.2) is 0 Å². The van der Waals surface area contributed by atoms with Crippen molar-refractivity contribution in [1.29, 1.82) is 5.26 Å². The van der Waals surface area contributed by atoms with Gasteiger partial charge in [0.25, 0.3) is 0 Å². The predicted octanol–water partition coefficient (Wildman–Crippen LogP) is 2.36. The van der Waals surface area contributed by atoms with Crippen LogP contribution in [0.3, 0.4) is 0 Å². The number of rotatable bonds is 0. The predicted molar refractivity (Wildman–Crippen MR) is 46.1 cm³/mol. The highest BCUT2D eigenvalue weighted by Gasteiger charge is 2.49. The Morgan fingerprint density at radius 2 is 1.58 bits per heavy atom. The molecule has 3 rings (SSSR count). The quantitative estimate of drug-likeness (QED) is 0.498. The van der Waals surface area contributed by atoms with E-state index in [9.17, 15) is 0 Å². The first-order valence-electron chi connectivity index (χ1n) is 4.96.